The molecule has 10 heteroatoms. The van der Waals surface area contributed by atoms with Crippen LogP contribution in [0.25, 0.3) is 11.2 Å². The predicted octanol–water partition coefficient (Wildman–Crippen LogP) is 6.53. The number of hydrogen-bond acceptors (Lipinski definition) is 8. The highest BCUT2D eigenvalue weighted by Crippen LogP contribution is 2.39. The van der Waals surface area contributed by atoms with E-state index in [-0.39, 0.29) is 16.8 Å². The Balaban J connectivity index is 1.29. The number of nitrogens with zero attached hydrogens (tertiary/aromatic N) is 7. The summed E-state index contributed by atoms with van der Waals surface area (Å²) in [5, 5.41) is 9.90. The minimum absolute atomic E-state index is 0.183. The van der Waals surface area contributed by atoms with E-state index in [2.05, 4.69) is 84.3 Å². The summed E-state index contributed by atoms with van der Waals surface area (Å²) in [7, 11) is -1.82. The Kier molecular flexibility index (Phi) is 7.85. The van der Waals surface area contributed by atoms with Crippen LogP contribution >= 0.6 is 0 Å². The highest BCUT2D eigenvalue weighted by atomic mass is 28.4. The van der Waals surface area contributed by atoms with Crippen molar-refractivity contribution in [2.45, 2.75) is 64.7 Å². The van der Waals surface area contributed by atoms with E-state index in [0.29, 0.717) is 0 Å². The Morgan fingerprint density at radius 3 is 2.35 bits per heavy atom. The SMILES string of the molecule is C[C@@H](CCO[Si](C)(C)C(C)(C)C)n1cnc2c(N3CCc4ccccc43)nc(N3CCN(c4ccc(O)cc4)CC3)nc21. The number of imidazole rings is 1. The molecular formula is C33H45N7O2Si. The van der Waals surface area contributed by atoms with E-state index in [0.717, 1.165) is 80.8 Å². The number of anilines is 4. The molecule has 2 aromatic heterocycles. The van der Waals surface area contributed by atoms with Crippen molar-refractivity contribution in [3.8, 4) is 5.75 Å². The fourth-order valence-electron chi connectivity index (χ4n) is 5.77. The van der Waals surface area contributed by atoms with Gasteiger partial charge in [-0.1, -0.05) is 39.0 Å². The standard InChI is InChI=1S/C33H45N7O2Si/c1-24(16-22-42-43(5,6)33(2,3)4)40-23-34-29-30(39-17-15-25-9-7-8-10-28(25)39)35-32(36-31(29)40)38-20-18-37(19-21-38)26-11-13-27(41)14-12-26/h7-14,23-24,41H,15-22H2,1-6H3/t24-/m0/s1. The lowest BCUT2D eigenvalue weighted by Gasteiger charge is -2.36. The van der Waals surface area contributed by atoms with Crippen LogP contribution in [0, 0.1) is 0 Å². The van der Waals surface area contributed by atoms with Gasteiger partial charge in [-0.15, -0.1) is 0 Å². The van der Waals surface area contributed by atoms with Gasteiger partial charge in [-0.2, -0.15) is 9.97 Å². The topological polar surface area (TPSA) is 82.8 Å². The average molecular weight is 600 g/mol. The first-order valence-electron chi connectivity index (χ1n) is 15.5. The average Bonchev–Trinajstić information content (AvgIpc) is 3.61. The van der Waals surface area contributed by atoms with Crippen molar-refractivity contribution < 1.29 is 9.53 Å². The molecule has 2 aliphatic rings. The van der Waals surface area contributed by atoms with Crippen LogP contribution in [0.15, 0.2) is 54.9 Å². The van der Waals surface area contributed by atoms with Crippen molar-refractivity contribution >= 4 is 42.6 Å². The number of aromatic hydroxyl groups is 1. The molecule has 43 heavy (non-hydrogen) atoms. The lowest BCUT2D eigenvalue weighted by atomic mass is 10.2. The quantitative estimate of drug-likeness (QED) is 0.229. The third-order valence-electron chi connectivity index (χ3n) is 9.59. The maximum Gasteiger partial charge on any atom is 0.229 e. The Morgan fingerprint density at radius 2 is 1.63 bits per heavy atom. The van der Waals surface area contributed by atoms with Crippen LogP contribution in [0.1, 0.15) is 45.7 Å². The van der Waals surface area contributed by atoms with Crippen LogP contribution in [0.5, 0.6) is 5.75 Å². The second-order valence-corrected chi connectivity index (χ2v) is 18.2. The third-order valence-corrected chi connectivity index (χ3v) is 14.1. The molecule has 1 fully saturated rings. The Bertz CT molecular complexity index is 1570. The van der Waals surface area contributed by atoms with Crippen LogP contribution < -0.4 is 14.7 Å². The van der Waals surface area contributed by atoms with Crippen molar-refractivity contribution in [3.05, 3.63) is 60.4 Å². The van der Waals surface area contributed by atoms with Gasteiger partial charge in [0.25, 0.3) is 0 Å². The summed E-state index contributed by atoms with van der Waals surface area (Å²) in [5.41, 5.74) is 5.39. The minimum atomic E-state index is -1.82. The number of aromatic nitrogens is 4. The number of phenols is 1. The zero-order chi connectivity index (χ0) is 30.4. The molecule has 0 aliphatic carbocycles. The molecule has 4 heterocycles. The van der Waals surface area contributed by atoms with E-state index >= 15 is 0 Å². The van der Waals surface area contributed by atoms with Gasteiger partial charge >= 0.3 is 0 Å². The van der Waals surface area contributed by atoms with Gasteiger partial charge in [0.1, 0.15) is 5.75 Å². The molecule has 0 saturated carbocycles. The molecule has 2 aliphatic heterocycles. The number of para-hydroxylation sites is 1. The molecule has 0 unspecified atom stereocenters. The zero-order valence-corrected chi connectivity index (χ0v) is 27.4. The van der Waals surface area contributed by atoms with Crippen LogP contribution in [-0.2, 0) is 10.8 Å². The molecule has 4 aromatic rings. The molecule has 228 valence electrons. The van der Waals surface area contributed by atoms with Crippen molar-refractivity contribution in [2.75, 3.05) is 54.0 Å². The maximum absolute atomic E-state index is 9.71. The third kappa shape index (κ3) is 5.82. The number of fused-ring (bicyclic) bond motifs is 2. The summed E-state index contributed by atoms with van der Waals surface area (Å²) < 4.78 is 8.74. The summed E-state index contributed by atoms with van der Waals surface area (Å²) >= 11 is 0. The van der Waals surface area contributed by atoms with Crippen molar-refractivity contribution in [1.82, 2.24) is 19.5 Å². The first-order chi connectivity index (χ1) is 20.5. The number of benzene rings is 2. The highest BCUT2D eigenvalue weighted by molar-refractivity contribution is 6.74. The van der Waals surface area contributed by atoms with Crippen molar-refractivity contribution in [3.63, 3.8) is 0 Å². The Morgan fingerprint density at radius 1 is 0.930 bits per heavy atom. The van der Waals surface area contributed by atoms with Gasteiger partial charge < -0.3 is 28.8 Å². The normalized spacial score (nSPS) is 16.7. The van der Waals surface area contributed by atoms with E-state index in [9.17, 15) is 5.11 Å². The van der Waals surface area contributed by atoms with E-state index in [1.165, 1.54) is 11.3 Å². The van der Waals surface area contributed by atoms with Crippen molar-refractivity contribution in [2.24, 2.45) is 0 Å². The second kappa shape index (κ2) is 11.5. The highest BCUT2D eigenvalue weighted by Gasteiger charge is 2.37. The monoisotopic (exact) mass is 599 g/mol. The van der Waals surface area contributed by atoms with E-state index in [1.807, 2.05) is 18.5 Å². The van der Waals surface area contributed by atoms with Crippen LogP contribution in [0.2, 0.25) is 18.1 Å². The Hall–Kier alpha value is -3.63. The Labute approximate surface area is 256 Å². The second-order valence-electron chi connectivity index (χ2n) is 13.4. The lowest BCUT2D eigenvalue weighted by Crippen LogP contribution is -2.47. The molecule has 0 amide bonds. The summed E-state index contributed by atoms with van der Waals surface area (Å²) in [6, 6.07) is 16.2. The van der Waals surface area contributed by atoms with Crippen LogP contribution in [0.4, 0.5) is 23.1 Å². The number of hydrogen-bond donors (Lipinski definition) is 1. The molecule has 0 spiro atoms. The number of piperazine rings is 1. The molecule has 0 bridgehead atoms. The van der Waals surface area contributed by atoms with Gasteiger partial charge in [0.15, 0.2) is 25.3 Å². The summed E-state index contributed by atoms with van der Waals surface area (Å²) in [4.78, 5) is 22.3. The van der Waals surface area contributed by atoms with Gasteiger partial charge in [0.2, 0.25) is 5.95 Å². The molecule has 2 aromatic carbocycles. The molecule has 1 N–H and O–H groups in total. The molecule has 1 saturated heterocycles. The molecule has 1 atom stereocenters. The zero-order valence-electron chi connectivity index (χ0n) is 26.4. The number of rotatable bonds is 8. The minimum Gasteiger partial charge on any atom is -0.508 e. The van der Waals surface area contributed by atoms with E-state index in [1.54, 1.807) is 12.1 Å². The van der Waals surface area contributed by atoms with Crippen LogP contribution in [0.3, 0.4) is 0 Å². The van der Waals surface area contributed by atoms with Crippen LogP contribution in [-0.4, -0.2) is 72.3 Å². The fourth-order valence-corrected chi connectivity index (χ4v) is 6.83. The predicted molar refractivity (Wildman–Crippen MR) is 177 cm³/mol. The molecule has 0 radical (unpaired) electrons. The molecular weight excluding hydrogens is 554 g/mol. The first kappa shape index (κ1) is 29.4. The molecule has 9 nitrogen and oxygen atoms in total. The van der Waals surface area contributed by atoms with Gasteiger partial charge in [-0.3, -0.25) is 0 Å². The number of phenolic OH excluding ortho intramolecular Hbond substituents is 1. The largest absolute Gasteiger partial charge is 0.508 e. The van der Waals surface area contributed by atoms with Gasteiger partial charge in [-0.25, -0.2) is 4.98 Å². The van der Waals surface area contributed by atoms with E-state index < -0.39 is 8.32 Å². The first-order valence-corrected chi connectivity index (χ1v) is 18.5. The van der Waals surface area contributed by atoms with E-state index in [4.69, 9.17) is 19.4 Å². The fraction of sp³-hybridized carbons (Fsp3) is 0.485. The van der Waals surface area contributed by atoms with Gasteiger partial charge in [0.05, 0.1) is 6.33 Å². The van der Waals surface area contributed by atoms with Crippen molar-refractivity contribution in [1.29, 1.82) is 0 Å². The smallest absolute Gasteiger partial charge is 0.229 e. The summed E-state index contributed by atoms with van der Waals surface area (Å²) in [5.74, 6) is 1.93. The molecule has 6 rings (SSSR count). The van der Waals surface area contributed by atoms with Gasteiger partial charge in [0, 0.05) is 56.7 Å². The summed E-state index contributed by atoms with van der Waals surface area (Å²) in [6.07, 6.45) is 3.82. The van der Waals surface area contributed by atoms with Gasteiger partial charge in [-0.05, 0) is 73.8 Å². The lowest BCUT2D eigenvalue weighted by molar-refractivity contribution is 0.261. The summed E-state index contributed by atoms with van der Waals surface area (Å²) in [6.45, 7) is 18.6. The maximum atomic E-state index is 9.71.